The molecule has 0 radical (unpaired) electrons. The lowest BCUT2D eigenvalue weighted by atomic mass is 10.1. The molecule has 1 aliphatic heterocycles. The monoisotopic (exact) mass is 442 g/mol. The zero-order valence-electron chi connectivity index (χ0n) is 15.7. The zero-order valence-corrected chi connectivity index (χ0v) is 17.2. The Hall–Kier alpha value is -2.93. The maximum absolute atomic E-state index is 12.9. The Morgan fingerprint density at radius 3 is 2.36 bits per heavy atom. The molecular formula is C21H19BrN2O4. The van der Waals surface area contributed by atoms with Gasteiger partial charge in [0.15, 0.2) is 0 Å². The number of carbonyl (C=O) groups excluding carboxylic acids is 3. The van der Waals surface area contributed by atoms with Gasteiger partial charge < -0.3 is 4.74 Å². The van der Waals surface area contributed by atoms with E-state index in [1.807, 2.05) is 20.8 Å². The summed E-state index contributed by atoms with van der Waals surface area (Å²) in [5.74, 6) is -0.695. The van der Waals surface area contributed by atoms with Crippen molar-refractivity contribution in [3.05, 3.63) is 63.6 Å². The van der Waals surface area contributed by atoms with Crippen LogP contribution >= 0.6 is 15.9 Å². The van der Waals surface area contributed by atoms with Gasteiger partial charge in [0.1, 0.15) is 11.3 Å². The van der Waals surface area contributed by atoms with E-state index in [9.17, 15) is 14.4 Å². The van der Waals surface area contributed by atoms with Crippen molar-refractivity contribution in [3.8, 4) is 5.75 Å². The lowest BCUT2D eigenvalue weighted by molar-refractivity contribution is -0.122. The number of nitrogens with one attached hydrogen (secondary N) is 1. The number of rotatable bonds is 4. The second kappa shape index (κ2) is 7.98. The number of hydrogen-bond donors (Lipinski definition) is 1. The van der Waals surface area contributed by atoms with Crippen LogP contribution in [0.15, 0.2) is 52.5 Å². The van der Waals surface area contributed by atoms with Gasteiger partial charge in [-0.2, -0.15) is 0 Å². The fourth-order valence-corrected chi connectivity index (χ4v) is 2.99. The van der Waals surface area contributed by atoms with E-state index in [0.29, 0.717) is 17.0 Å². The second-order valence-corrected chi connectivity index (χ2v) is 7.48. The first-order chi connectivity index (χ1) is 13.3. The molecule has 0 atom stereocenters. The van der Waals surface area contributed by atoms with Crippen LogP contribution in [0.5, 0.6) is 5.75 Å². The van der Waals surface area contributed by atoms with Crippen LogP contribution in [0.3, 0.4) is 0 Å². The molecular weight excluding hydrogens is 424 g/mol. The molecule has 1 heterocycles. The van der Waals surface area contributed by atoms with Crippen LogP contribution in [0.2, 0.25) is 0 Å². The first-order valence-electron chi connectivity index (χ1n) is 8.70. The predicted octanol–water partition coefficient (Wildman–Crippen LogP) is 4.21. The number of carbonyl (C=O) groups is 3. The van der Waals surface area contributed by atoms with Gasteiger partial charge in [-0.25, -0.2) is 9.69 Å². The van der Waals surface area contributed by atoms with Crippen LogP contribution in [0.25, 0.3) is 6.08 Å². The highest BCUT2D eigenvalue weighted by Gasteiger charge is 2.36. The maximum atomic E-state index is 12.9. The van der Waals surface area contributed by atoms with Crippen molar-refractivity contribution in [2.24, 2.45) is 0 Å². The summed E-state index contributed by atoms with van der Waals surface area (Å²) in [6.07, 6.45) is 1.51. The number of barbiturate groups is 1. The Bertz CT molecular complexity index is 980. The van der Waals surface area contributed by atoms with Gasteiger partial charge in [-0.15, -0.1) is 0 Å². The Kier molecular flexibility index (Phi) is 5.65. The molecule has 3 rings (SSSR count). The standard InChI is InChI=1S/C21H19BrN2O4/c1-12(2)28-16-7-4-14(5-8-16)11-17-19(25)23-21(27)24(20(17)26)15-6-9-18(22)13(3)10-15/h4-12H,1-3H3,(H,23,25,27)/b17-11+. The molecule has 144 valence electrons. The molecule has 0 bridgehead atoms. The minimum Gasteiger partial charge on any atom is -0.491 e. The van der Waals surface area contributed by atoms with E-state index in [0.717, 1.165) is 14.9 Å². The third-order valence-corrected chi connectivity index (χ3v) is 4.95. The van der Waals surface area contributed by atoms with Crippen LogP contribution < -0.4 is 15.0 Å². The van der Waals surface area contributed by atoms with E-state index < -0.39 is 17.8 Å². The maximum Gasteiger partial charge on any atom is 0.335 e. The molecule has 4 amide bonds. The first kappa shape index (κ1) is 19.8. The summed E-state index contributed by atoms with van der Waals surface area (Å²) in [5, 5.41) is 2.22. The van der Waals surface area contributed by atoms with Crippen LogP contribution in [-0.2, 0) is 9.59 Å². The SMILES string of the molecule is Cc1cc(N2C(=O)NC(=O)/C(=C\c3ccc(OC(C)C)cc3)C2=O)ccc1Br. The molecule has 0 saturated carbocycles. The van der Waals surface area contributed by atoms with Crippen molar-refractivity contribution in [3.63, 3.8) is 0 Å². The number of hydrogen-bond acceptors (Lipinski definition) is 4. The van der Waals surface area contributed by atoms with Crippen molar-refractivity contribution >= 4 is 45.5 Å². The lowest BCUT2D eigenvalue weighted by Gasteiger charge is -2.26. The Morgan fingerprint density at radius 1 is 1.07 bits per heavy atom. The van der Waals surface area contributed by atoms with Crippen LogP contribution in [-0.4, -0.2) is 23.9 Å². The van der Waals surface area contributed by atoms with Crippen molar-refractivity contribution in [1.82, 2.24) is 5.32 Å². The van der Waals surface area contributed by atoms with E-state index >= 15 is 0 Å². The van der Waals surface area contributed by atoms with Crippen molar-refractivity contribution in [1.29, 1.82) is 0 Å². The highest BCUT2D eigenvalue weighted by molar-refractivity contribution is 9.10. The first-order valence-corrected chi connectivity index (χ1v) is 9.50. The van der Waals surface area contributed by atoms with E-state index in [2.05, 4.69) is 21.2 Å². The van der Waals surface area contributed by atoms with Crippen molar-refractivity contribution in [2.75, 3.05) is 4.90 Å². The van der Waals surface area contributed by atoms with Gasteiger partial charge in [0.05, 0.1) is 11.8 Å². The molecule has 0 unspecified atom stereocenters. The number of amides is 4. The second-order valence-electron chi connectivity index (χ2n) is 6.63. The number of imide groups is 2. The van der Waals surface area contributed by atoms with Crippen LogP contribution in [0, 0.1) is 6.92 Å². The Balaban J connectivity index is 1.93. The molecule has 0 spiro atoms. The van der Waals surface area contributed by atoms with Gasteiger partial charge in [-0.1, -0.05) is 28.1 Å². The van der Waals surface area contributed by atoms with E-state index in [4.69, 9.17) is 4.74 Å². The molecule has 1 N–H and O–H groups in total. The van der Waals surface area contributed by atoms with Gasteiger partial charge >= 0.3 is 6.03 Å². The van der Waals surface area contributed by atoms with Crippen LogP contribution in [0.4, 0.5) is 10.5 Å². The van der Waals surface area contributed by atoms with Gasteiger partial charge in [0, 0.05) is 4.47 Å². The normalized spacial score (nSPS) is 16.0. The van der Waals surface area contributed by atoms with Crippen molar-refractivity contribution < 1.29 is 19.1 Å². The summed E-state index contributed by atoms with van der Waals surface area (Å²) in [6, 6.07) is 11.3. The van der Waals surface area contributed by atoms with Gasteiger partial charge in [0.2, 0.25) is 0 Å². The number of urea groups is 1. The molecule has 0 aliphatic carbocycles. The van der Waals surface area contributed by atoms with Gasteiger partial charge in [-0.05, 0) is 68.3 Å². The van der Waals surface area contributed by atoms with Gasteiger partial charge in [-0.3, -0.25) is 14.9 Å². The summed E-state index contributed by atoms with van der Waals surface area (Å²) in [5.41, 5.74) is 1.79. The minimum atomic E-state index is -0.769. The third-order valence-electron chi connectivity index (χ3n) is 4.06. The minimum absolute atomic E-state index is 0.0452. The van der Waals surface area contributed by atoms with Gasteiger partial charge in [0.25, 0.3) is 11.8 Å². The number of halogens is 1. The summed E-state index contributed by atoms with van der Waals surface area (Å²) in [4.78, 5) is 38.4. The lowest BCUT2D eigenvalue weighted by Crippen LogP contribution is -2.54. The largest absolute Gasteiger partial charge is 0.491 e. The quantitative estimate of drug-likeness (QED) is 0.568. The fraction of sp³-hybridized carbons (Fsp3) is 0.190. The Morgan fingerprint density at radius 2 is 1.75 bits per heavy atom. The van der Waals surface area contributed by atoms with E-state index in [1.54, 1.807) is 42.5 Å². The average Bonchev–Trinajstić information content (AvgIpc) is 2.62. The molecule has 0 aromatic heterocycles. The molecule has 28 heavy (non-hydrogen) atoms. The predicted molar refractivity (Wildman–Crippen MR) is 110 cm³/mol. The highest BCUT2D eigenvalue weighted by Crippen LogP contribution is 2.26. The van der Waals surface area contributed by atoms with Crippen LogP contribution in [0.1, 0.15) is 25.0 Å². The molecule has 2 aromatic rings. The summed E-state index contributed by atoms with van der Waals surface area (Å²) in [6.45, 7) is 5.70. The zero-order chi connectivity index (χ0) is 20.4. The summed E-state index contributed by atoms with van der Waals surface area (Å²) >= 11 is 3.39. The smallest absolute Gasteiger partial charge is 0.335 e. The molecule has 1 aliphatic rings. The number of benzene rings is 2. The molecule has 6 nitrogen and oxygen atoms in total. The summed E-state index contributed by atoms with van der Waals surface area (Å²) in [7, 11) is 0. The average molecular weight is 443 g/mol. The van der Waals surface area contributed by atoms with E-state index in [-0.39, 0.29) is 11.7 Å². The number of nitrogens with zero attached hydrogens (tertiary/aromatic N) is 1. The fourth-order valence-electron chi connectivity index (χ4n) is 2.74. The van der Waals surface area contributed by atoms with Crippen molar-refractivity contribution in [2.45, 2.75) is 26.9 Å². The Labute approximate surface area is 171 Å². The van der Waals surface area contributed by atoms with E-state index in [1.165, 1.54) is 6.08 Å². The number of ether oxygens (including phenoxy) is 1. The molecule has 7 heteroatoms. The number of aryl methyl sites for hydroxylation is 1. The molecule has 2 aromatic carbocycles. The molecule has 1 fully saturated rings. The summed E-state index contributed by atoms with van der Waals surface area (Å²) < 4.78 is 6.45. The highest BCUT2D eigenvalue weighted by atomic mass is 79.9. The molecule has 1 saturated heterocycles. The number of anilines is 1. The third kappa shape index (κ3) is 4.14. The topological polar surface area (TPSA) is 75.7 Å².